The highest BCUT2D eigenvalue weighted by Gasteiger charge is 2.25. The van der Waals surface area contributed by atoms with Crippen LogP contribution in [0.25, 0.3) is 17.2 Å². The summed E-state index contributed by atoms with van der Waals surface area (Å²) in [4.78, 5) is 26.1. The van der Waals surface area contributed by atoms with Crippen molar-refractivity contribution in [3.63, 3.8) is 0 Å². The molecular weight excluding hydrogens is 420 g/mol. The van der Waals surface area contributed by atoms with E-state index in [1.165, 1.54) is 24.5 Å². The van der Waals surface area contributed by atoms with E-state index in [2.05, 4.69) is 5.32 Å². The highest BCUT2D eigenvalue weighted by atomic mass is 35.5. The third-order valence-corrected chi connectivity index (χ3v) is 5.58. The third kappa shape index (κ3) is 4.60. The summed E-state index contributed by atoms with van der Waals surface area (Å²) in [5.41, 5.74) is 2.36. The summed E-state index contributed by atoms with van der Waals surface area (Å²) >= 11 is 7.13. The molecule has 0 saturated heterocycles. The molecule has 1 aromatic heterocycles. The van der Waals surface area contributed by atoms with Crippen molar-refractivity contribution in [3.05, 3.63) is 81.2 Å². The van der Waals surface area contributed by atoms with E-state index in [-0.39, 0.29) is 11.1 Å². The molecule has 0 bridgehead atoms. The Morgan fingerprint density at radius 3 is 2.40 bits per heavy atom. The Balaban J connectivity index is 1.99. The van der Waals surface area contributed by atoms with E-state index in [1.54, 1.807) is 24.3 Å². The maximum absolute atomic E-state index is 12.8. The maximum Gasteiger partial charge on any atom is 0.341 e. The van der Waals surface area contributed by atoms with Gasteiger partial charge in [-0.1, -0.05) is 54.1 Å². The molecule has 150 valence electrons. The van der Waals surface area contributed by atoms with Gasteiger partial charge in [0.25, 0.3) is 5.91 Å². The quantitative estimate of drug-likeness (QED) is 0.315. The molecule has 0 spiro atoms. The molecule has 0 saturated carbocycles. The fourth-order valence-electron chi connectivity index (χ4n) is 2.93. The van der Waals surface area contributed by atoms with Gasteiger partial charge in [0.15, 0.2) is 0 Å². The fraction of sp³-hybridized carbons (Fsp3) is 0.0870. The highest BCUT2D eigenvalue weighted by Crippen LogP contribution is 2.40. The van der Waals surface area contributed by atoms with Gasteiger partial charge in [0.2, 0.25) is 0 Å². The lowest BCUT2D eigenvalue weighted by Gasteiger charge is -2.08. The predicted octanol–water partition coefficient (Wildman–Crippen LogP) is 5.71. The van der Waals surface area contributed by atoms with E-state index >= 15 is 0 Å². The summed E-state index contributed by atoms with van der Waals surface area (Å²) in [5, 5.41) is 13.1. The molecule has 0 aliphatic heterocycles. The van der Waals surface area contributed by atoms with Crippen molar-refractivity contribution in [3.8, 4) is 17.2 Å². The molecule has 1 heterocycles. The van der Waals surface area contributed by atoms with E-state index in [4.69, 9.17) is 16.3 Å². The number of rotatable bonds is 5. The van der Waals surface area contributed by atoms with E-state index < -0.39 is 11.9 Å². The Labute approximate surface area is 183 Å². The van der Waals surface area contributed by atoms with Crippen molar-refractivity contribution in [1.29, 1.82) is 5.26 Å². The van der Waals surface area contributed by atoms with Crippen molar-refractivity contribution >= 4 is 45.9 Å². The molecule has 0 atom stereocenters. The van der Waals surface area contributed by atoms with Crippen LogP contribution < -0.4 is 5.32 Å². The van der Waals surface area contributed by atoms with Gasteiger partial charge in [0, 0.05) is 15.5 Å². The minimum atomic E-state index is -0.613. The van der Waals surface area contributed by atoms with Crippen molar-refractivity contribution < 1.29 is 14.3 Å². The highest BCUT2D eigenvalue weighted by molar-refractivity contribution is 7.17. The van der Waals surface area contributed by atoms with Crippen LogP contribution in [0.15, 0.2) is 60.2 Å². The summed E-state index contributed by atoms with van der Waals surface area (Å²) < 4.78 is 4.95. The zero-order valence-electron chi connectivity index (χ0n) is 16.2. The summed E-state index contributed by atoms with van der Waals surface area (Å²) in [6.45, 7) is 1.86. The number of halogens is 1. The summed E-state index contributed by atoms with van der Waals surface area (Å²) in [6.07, 6.45) is 1.46. The maximum atomic E-state index is 12.8. The molecule has 7 heteroatoms. The van der Waals surface area contributed by atoms with Crippen LogP contribution in [0.1, 0.15) is 20.8 Å². The molecule has 3 aromatic rings. The van der Waals surface area contributed by atoms with Crippen LogP contribution in [0, 0.1) is 18.3 Å². The smallest absolute Gasteiger partial charge is 0.341 e. The van der Waals surface area contributed by atoms with Gasteiger partial charge in [-0.15, -0.1) is 11.3 Å². The second kappa shape index (κ2) is 9.40. The van der Waals surface area contributed by atoms with Crippen LogP contribution >= 0.6 is 22.9 Å². The monoisotopic (exact) mass is 436 g/mol. The number of nitrogens with one attached hydrogen (secondary N) is 1. The molecule has 0 radical (unpaired) electrons. The molecule has 3 rings (SSSR count). The van der Waals surface area contributed by atoms with Crippen molar-refractivity contribution in [2.24, 2.45) is 0 Å². The average Bonchev–Trinajstić information content (AvgIpc) is 3.08. The van der Waals surface area contributed by atoms with Gasteiger partial charge in [-0.25, -0.2) is 4.79 Å². The lowest BCUT2D eigenvalue weighted by molar-refractivity contribution is -0.112. The Bertz CT molecular complexity index is 1160. The van der Waals surface area contributed by atoms with Gasteiger partial charge in [0.1, 0.15) is 22.2 Å². The lowest BCUT2D eigenvalue weighted by atomic mass is 10.0. The number of nitriles is 1. The number of nitrogens with zero attached hydrogens (tertiary/aromatic N) is 1. The standard InChI is InChI=1S/C23H17ClN2O3S/c1-14-19(16-6-4-3-5-7-16)20(23(28)29-2)22(30-14)26-21(27)17(13-25)12-15-8-10-18(24)11-9-15/h3-12H,1-2H3,(H,26,27). The fourth-order valence-corrected chi connectivity index (χ4v) is 4.11. The van der Waals surface area contributed by atoms with E-state index in [9.17, 15) is 14.9 Å². The number of methoxy groups -OCH3 is 1. The zero-order valence-corrected chi connectivity index (χ0v) is 17.8. The lowest BCUT2D eigenvalue weighted by Crippen LogP contribution is -2.15. The average molecular weight is 437 g/mol. The number of benzene rings is 2. The van der Waals surface area contributed by atoms with Gasteiger partial charge < -0.3 is 10.1 Å². The number of aryl methyl sites for hydroxylation is 1. The Hall–Kier alpha value is -3.40. The molecule has 0 aliphatic carbocycles. The van der Waals surface area contributed by atoms with Gasteiger partial charge in [-0.2, -0.15) is 5.26 Å². The number of hydrogen-bond acceptors (Lipinski definition) is 5. The minimum Gasteiger partial charge on any atom is -0.465 e. The molecule has 0 aliphatic rings. The minimum absolute atomic E-state index is 0.0968. The van der Waals surface area contributed by atoms with E-state index in [0.29, 0.717) is 21.2 Å². The number of hydrogen-bond donors (Lipinski definition) is 1. The topological polar surface area (TPSA) is 79.2 Å². The van der Waals surface area contributed by atoms with Crippen molar-refractivity contribution in [2.75, 3.05) is 12.4 Å². The van der Waals surface area contributed by atoms with Crippen LogP contribution in [-0.4, -0.2) is 19.0 Å². The molecule has 0 unspecified atom stereocenters. The summed E-state index contributed by atoms with van der Waals surface area (Å²) in [5.74, 6) is -1.17. The molecular formula is C23H17ClN2O3S. The SMILES string of the molecule is COC(=O)c1c(NC(=O)C(C#N)=Cc2ccc(Cl)cc2)sc(C)c1-c1ccccc1. The Kier molecular flexibility index (Phi) is 6.68. The second-order valence-electron chi connectivity index (χ2n) is 6.27. The van der Waals surface area contributed by atoms with Crippen LogP contribution in [0.5, 0.6) is 0 Å². The Morgan fingerprint density at radius 1 is 1.13 bits per heavy atom. The first kappa shape index (κ1) is 21.3. The number of esters is 1. The van der Waals surface area contributed by atoms with Crippen LogP contribution in [0.3, 0.4) is 0 Å². The van der Waals surface area contributed by atoms with Gasteiger partial charge >= 0.3 is 5.97 Å². The molecule has 1 N–H and O–H groups in total. The van der Waals surface area contributed by atoms with E-state index in [1.807, 2.05) is 43.3 Å². The second-order valence-corrected chi connectivity index (χ2v) is 7.93. The first-order valence-corrected chi connectivity index (χ1v) is 10.1. The third-order valence-electron chi connectivity index (χ3n) is 4.31. The number of carbonyl (C=O) groups excluding carboxylic acids is 2. The number of anilines is 1. The number of amides is 1. The van der Waals surface area contributed by atoms with Gasteiger partial charge in [-0.3, -0.25) is 4.79 Å². The van der Waals surface area contributed by atoms with Crippen molar-refractivity contribution in [1.82, 2.24) is 0 Å². The first-order valence-electron chi connectivity index (χ1n) is 8.90. The number of carbonyl (C=O) groups is 2. The first-order chi connectivity index (χ1) is 14.4. The summed E-state index contributed by atoms with van der Waals surface area (Å²) in [7, 11) is 1.29. The summed E-state index contributed by atoms with van der Waals surface area (Å²) in [6, 6.07) is 18.0. The molecule has 5 nitrogen and oxygen atoms in total. The predicted molar refractivity (Wildman–Crippen MR) is 120 cm³/mol. The molecule has 2 aromatic carbocycles. The van der Waals surface area contributed by atoms with Gasteiger partial charge in [-0.05, 0) is 36.3 Å². The van der Waals surface area contributed by atoms with Crippen LogP contribution in [0.2, 0.25) is 5.02 Å². The zero-order chi connectivity index (χ0) is 21.7. The van der Waals surface area contributed by atoms with Crippen molar-refractivity contribution in [2.45, 2.75) is 6.92 Å². The normalized spacial score (nSPS) is 10.9. The number of thiophene rings is 1. The van der Waals surface area contributed by atoms with Crippen LogP contribution in [-0.2, 0) is 9.53 Å². The van der Waals surface area contributed by atoms with Crippen LogP contribution in [0.4, 0.5) is 5.00 Å². The molecule has 30 heavy (non-hydrogen) atoms. The Morgan fingerprint density at radius 2 is 1.80 bits per heavy atom. The molecule has 0 fully saturated rings. The van der Waals surface area contributed by atoms with E-state index in [0.717, 1.165) is 10.4 Å². The number of ether oxygens (including phenoxy) is 1. The largest absolute Gasteiger partial charge is 0.465 e. The van der Waals surface area contributed by atoms with Gasteiger partial charge in [0.05, 0.1) is 7.11 Å². The molecule has 1 amide bonds.